The normalized spacial score (nSPS) is 14.7. The van der Waals surface area contributed by atoms with E-state index in [2.05, 4.69) is 4.65 Å². The van der Waals surface area contributed by atoms with E-state index >= 15 is 0 Å². The van der Waals surface area contributed by atoms with Crippen molar-refractivity contribution in [2.45, 2.75) is 18.5 Å². The molecule has 0 aliphatic heterocycles. The Labute approximate surface area is 109 Å². The molecule has 12 heteroatoms. The Kier molecular flexibility index (Phi) is 6.36. The molecule has 0 amide bonds. The van der Waals surface area contributed by atoms with Crippen LogP contribution in [0.3, 0.4) is 0 Å². The molecule has 0 aromatic carbocycles. The van der Waals surface area contributed by atoms with E-state index in [9.17, 15) is 26.3 Å². The monoisotopic (exact) mass is 263 g/mol. The SMILES string of the molecule is N#C[B-](C#N)(C#N)OC(F)(C(F)F)C(F)(F)F.[Li+]. The van der Waals surface area contributed by atoms with E-state index in [4.69, 9.17) is 15.8 Å². The van der Waals surface area contributed by atoms with Crippen molar-refractivity contribution >= 4 is 6.35 Å². The predicted molar refractivity (Wildman–Crippen MR) is 39.6 cm³/mol. The summed E-state index contributed by atoms with van der Waals surface area (Å²) in [6, 6.07) is 0. The summed E-state index contributed by atoms with van der Waals surface area (Å²) in [6.45, 7) is 0. The van der Waals surface area contributed by atoms with E-state index < -0.39 is 24.8 Å². The molecule has 0 aliphatic carbocycles. The smallest absolute Gasteiger partial charge is 0.516 e. The molecule has 0 bridgehead atoms. The van der Waals surface area contributed by atoms with Crippen LogP contribution in [0.4, 0.5) is 26.3 Å². The van der Waals surface area contributed by atoms with Gasteiger partial charge in [0.25, 0.3) is 0 Å². The van der Waals surface area contributed by atoms with Crippen molar-refractivity contribution in [2.75, 3.05) is 0 Å². The molecule has 0 heterocycles. The van der Waals surface area contributed by atoms with Gasteiger partial charge in [-0.05, 0) is 0 Å². The maximum absolute atomic E-state index is 12.9. The van der Waals surface area contributed by atoms with Crippen LogP contribution in [-0.4, -0.2) is 24.8 Å². The predicted octanol–water partition coefficient (Wildman–Crippen LogP) is -1.37. The van der Waals surface area contributed by atoms with Crippen molar-refractivity contribution in [1.82, 2.24) is 0 Å². The molecule has 0 saturated carbocycles. The third kappa shape index (κ3) is 3.34. The Bertz CT molecular complexity index is 387. The fourth-order valence-corrected chi connectivity index (χ4v) is 0.665. The van der Waals surface area contributed by atoms with Crippen LogP contribution in [0.5, 0.6) is 0 Å². The maximum Gasteiger partial charge on any atom is 1.00 e. The van der Waals surface area contributed by atoms with E-state index in [-0.39, 0.29) is 18.9 Å². The van der Waals surface area contributed by atoms with Gasteiger partial charge >= 0.3 is 43.7 Å². The zero-order valence-electron chi connectivity index (χ0n) is 8.67. The van der Waals surface area contributed by atoms with Gasteiger partial charge in [-0.1, -0.05) is 17.9 Å². The molecular weight excluding hydrogens is 262 g/mol. The largest absolute Gasteiger partial charge is 1.00 e. The molecule has 0 fully saturated rings. The molecule has 0 N–H and O–H groups in total. The fourth-order valence-electron chi connectivity index (χ4n) is 0.665. The third-order valence-electron chi connectivity index (χ3n) is 1.56. The minimum absolute atomic E-state index is 0. The summed E-state index contributed by atoms with van der Waals surface area (Å²) in [5.41, 5.74) is 0. The van der Waals surface area contributed by atoms with Gasteiger partial charge in [-0.25, -0.2) is 24.6 Å². The van der Waals surface area contributed by atoms with Crippen molar-refractivity contribution in [1.29, 1.82) is 15.8 Å². The molecule has 0 aromatic rings. The number of halogens is 6. The van der Waals surface area contributed by atoms with Gasteiger partial charge in [0, 0.05) is 0 Å². The van der Waals surface area contributed by atoms with Gasteiger partial charge in [-0.15, -0.1) is 0 Å². The van der Waals surface area contributed by atoms with E-state index in [1.165, 1.54) is 0 Å². The molecule has 0 aliphatic rings. The first-order chi connectivity index (χ1) is 7.58. The van der Waals surface area contributed by atoms with E-state index in [1.807, 2.05) is 0 Å². The van der Waals surface area contributed by atoms with Gasteiger partial charge in [-0.2, -0.15) is 17.6 Å². The van der Waals surface area contributed by atoms with Gasteiger partial charge in [0.05, 0.1) is 0 Å². The summed E-state index contributed by atoms with van der Waals surface area (Å²) >= 11 is 0. The summed E-state index contributed by atoms with van der Waals surface area (Å²) in [5.74, 6) is -3.62. The second-order valence-electron chi connectivity index (χ2n) is 2.74. The van der Waals surface area contributed by atoms with Crippen LogP contribution in [0.25, 0.3) is 0 Å². The van der Waals surface area contributed by atoms with Crippen LogP contribution >= 0.6 is 0 Å². The minimum atomic E-state index is -6.20. The van der Waals surface area contributed by atoms with Gasteiger partial charge in [0.15, 0.2) is 0 Å². The molecule has 4 nitrogen and oxygen atoms in total. The molecule has 92 valence electrons. The van der Waals surface area contributed by atoms with Crippen molar-refractivity contribution in [3.05, 3.63) is 0 Å². The first-order valence-electron chi connectivity index (χ1n) is 3.71. The van der Waals surface area contributed by atoms with E-state index in [1.54, 1.807) is 0 Å². The third-order valence-corrected chi connectivity index (χ3v) is 1.56. The van der Waals surface area contributed by atoms with Crippen LogP contribution in [0, 0.1) is 33.7 Å². The summed E-state index contributed by atoms with van der Waals surface area (Å²) in [7, 11) is 0. The Balaban J connectivity index is 0. The van der Waals surface area contributed by atoms with Crippen LogP contribution < -0.4 is 18.9 Å². The Morgan fingerprint density at radius 1 is 0.944 bits per heavy atom. The molecule has 0 radical (unpaired) electrons. The van der Waals surface area contributed by atoms with Gasteiger partial charge in [-0.3, -0.25) is 0 Å². The van der Waals surface area contributed by atoms with E-state index in [0.717, 1.165) is 0 Å². The minimum Gasteiger partial charge on any atom is -0.516 e. The van der Waals surface area contributed by atoms with Crippen LogP contribution in [0.1, 0.15) is 0 Å². The maximum atomic E-state index is 12.9. The first kappa shape index (κ1) is 19.0. The quantitative estimate of drug-likeness (QED) is 0.465. The molecule has 1 unspecified atom stereocenters. The second kappa shape index (κ2) is 6.02. The zero-order chi connectivity index (χ0) is 13.9. The van der Waals surface area contributed by atoms with Crippen LogP contribution in [-0.2, 0) is 4.65 Å². The van der Waals surface area contributed by atoms with Gasteiger partial charge in [0.2, 0.25) is 0 Å². The number of nitrogens with zero attached hydrogens (tertiary/aromatic N) is 3. The Morgan fingerprint density at radius 3 is 1.44 bits per heavy atom. The molecule has 18 heavy (non-hydrogen) atoms. The molecule has 0 saturated heterocycles. The number of alkyl halides is 6. The number of hydrogen-bond donors (Lipinski definition) is 0. The van der Waals surface area contributed by atoms with Crippen molar-refractivity contribution < 1.29 is 49.9 Å². The van der Waals surface area contributed by atoms with Gasteiger partial charge in [0.1, 0.15) is 0 Å². The Morgan fingerprint density at radius 2 is 1.28 bits per heavy atom. The van der Waals surface area contributed by atoms with Crippen molar-refractivity contribution in [3.8, 4) is 17.9 Å². The average molecular weight is 263 g/mol. The Hall–Kier alpha value is -1.33. The number of hydrogen-bond acceptors (Lipinski definition) is 4. The standard InChI is InChI=1S/C6HBF6N3O.Li/c8-4(9)5(10,6(11,12)13)17-7(1-14,2-15)3-16;/h4H;/q-1;+1. The first-order valence-corrected chi connectivity index (χ1v) is 3.71. The van der Waals surface area contributed by atoms with Gasteiger partial charge < -0.3 is 4.65 Å². The molecular formula is C6HBF6LiN3O. The van der Waals surface area contributed by atoms with Crippen LogP contribution in [0.15, 0.2) is 0 Å². The second-order valence-corrected chi connectivity index (χ2v) is 2.74. The zero-order valence-corrected chi connectivity index (χ0v) is 8.67. The molecule has 0 aromatic heterocycles. The summed E-state index contributed by atoms with van der Waals surface area (Å²) in [6.07, 6.45) is -15.2. The van der Waals surface area contributed by atoms with Crippen molar-refractivity contribution in [2.24, 2.45) is 0 Å². The molecule has 0 rings (SSSR count). The number of nitriles is 3. The molecule has 0 spiro atoms. The summed E-state index contributed by atoms with van der Waals surface area (Å²) in [4.78, 5) is 0. The summed E-state index contributed by atoms with van der Waals surface area (Å²) < 4.78 is 76.0. The van der Waals surface area contributed by atoms with Crippen molar-refractivity contribution in [3.63, 3.8) is 0 Å². The summed E-state index contributed by atoms with van der Waals surface area (Å²) in [5, 5.41) is 24.6. The fraction of sp³-hybridized carbons (Fsp3) is 0.500. The van der Waals surface area contributed by atoms with Crippen LogP contribution in [0.2, 0.25) is 0 Å². The molecule has 1 atom stereocenters. The average Bonchev–Trinajstić information content (AvgIpc) is 2.24. The topological polar surface area (TPSA) is 80.6 Å². The number of rotatable bonds is 3. The van der Waals surface area contributed by atoms with E-state index in [0.29, 0.717) is 17.9 Å².